The van der Waals surface area contributed by atoms with Crippen molar-refractivity contribution >= 4 is 57.4 Å². The minimum atomic E-state index is -3.02. The molecule has 0 radical (unpaired) electrons. The van der Waals surface area contributed by atoms with Crippen LogP contribution in [0.4, 0.5) is 26.3 Å². The monoisotopic (exact) mass is 984 g/mol. The summed E-state index contributed by atoms with van der Waals surface area (Å²) in [6.45, 7) is 0.0403. The van der Waals surface area contributed by atoms with Crippen LogP contribution in [-0.2, 0) is 32.0 Å². The first-order chi connectivity index (χ1) is 33.0. The SMILES string of the molecule is COc1cc2c(CC(=O)NC(C)CC(=O)O)c(C)n(C(=O)c3ccc(OC(F)F)cc3)c2cc1F.COc1cc2c(CC(=O)NCC(C)C(=O)O)c(C)n(C(=O)c3ccc(OC(F)F)cc3)c2cc1F. The molecule has 2 atom stereocenters. The zero-order valence-corrected chi connectivity index (χ0v) is 38.2. The lowest BCUT2D eigenvalue weighted by Gasteiger charge is -2.12. The third-order valence-electron chi connectivity index (χ3n) is 10.9. The van der Waals surface area contributed by atoms with Gasteiger partial charge in [-0.1, -0.05) is 6.92 Å². The highest BCUT2D eigenvalue weighted by atomic mass is 19.3. The minimum Gasteiger partial charge on any atom is -0.494 e. The fourth-order valence-corrected chi connectivity index (χ4v) is 7.44. The van der Waals surface area contributed by atoms with Crippen molar-refractivity contribution in [2.75, 3.05) is 20.8 Å². The van der Waals surface area contributed by atoms with E-state index in [9.17, 15) is 55.1 Å². The Hall–Kier alpha value is -8.04. The van der Waals surface area contributed by atoms with Crippen LogP contribution >= 0.6 is 0 Å². The Morgan fingerprint density at radius 2 is 1.03 bits per heavy atom. The largest absolute Gasteiger partial charge is 0.494 e. The normalized spacial score (nSPS) is 12.0. The Balaban J connectivity index is 0.000000261. The quantitative estimate of drug-likeness (QED) is 0.0611. The molecule has 0 aliphatic carbocycles. The topological polar surface area (TPSA) is 214 Å². The second-order valence-electron chi connectivity index (χ2n) is 15.7. The Morgan fingerprint density at radius 3 is 1.39 bits per heavy atom. The van der Waals surface area contributed by atoms with Crippen molar-refractivity contribution in [1.29, 1.82) is 0 Å². The van der Waals surface area contributed by atoms with Crippen LogP contribution in [0.25, 0.3) is 21.8 Å². The minimum absolute atomic E-state index is 0.0863. The molecule has 0 saturated carbocycles. The van der Waals surface area contributed by atoms with Crippen molar-refractivity contribution < 1.29 is 84.3 Å². The predicted octanol–water partition coefficient (Wildman–Crippen LogP) is 7.68. The second-order valence-corrected chi connectivity index (χ2v) is 15.7. The van der Waals surface area contributed by atoms with E-state index < -0.39 is 72.4 Å². The van der Waals surface area contributed by atoms with Crippen LogP contribution in [-0.4, -0.2) is 94.9 Å². The van der Waals surface area contributed by atoms with Crippen molar-refractivity contribution in [2.24, 2.45) is 5.92 Å². The number of fused-ring (bicyclic) bond motifs is 2. The van der Waals surface area contributed by atoms with Gasteiger partial charge in [0.1, 0.15) is 11.5 Å². The van der Waals surface area contributed by atoms with Crippen molar-refractivity contribution in [3.63, 3.8) is 0 Å². The van der Waals surface area contributed by atoms with Crippen molar-refractivity contribution in [2.45, 2.75) is 66.2 Å². The van der Waals surface area contributed by atoms with Crippen LogP contribution in [0.2, 0.25) is 0 Å². The number of rotatable bonds is 18. The second kappa shape index (κ2) is 22.8. The molecule has 0 aliphatic rings. The zero-order chi connectivity index (χ0) is 51.7. The van der Waals surface area contributed by atoms with Crippen molar-refractivity contribution in [3.05, 3.63) is 118 Å². The van der Waals surface area contributed by atoms with Gasteiger partial charge in [0.15, 0.2) is 23.1 Å². The lowest BCUT2D eigenvalue weighted by molar-refractivity contribution is -0.141. The average Bonchev–Trinajstić information content (AvgIpc) is 3.70. The smallest absolute Gasteiger partial charge is 0.387 e. The number of ether oxygens (including phenoxy) is 4. The summed E-state index contributed by atoms with van der Waals surface area (Å²) >= 11 is 0. The summed E-state index contributed by atoms with van der Waals surface area (Å²) in [5, 5.41) is 23.8. The molecule has 2 amide bonds. The summed E-state index contributed by atoms with van der Waals surface area (Å²) in [5.41, 5.74) is 2.15. The van der Waals surface area contributed by atoms with Gasteiger partial charge in [0, 0.05) is 58.0 Å². The molecule has 372 valence electrons. The first-order valence-electron chi connectivity index (χ1n) is 21.0. The highest BCUT2D eigenvalue weighted by Gasteiger charge is 2.26. The van der Waals surface area contributed by atoms with E-state index >= 15 is 0 Å². The maximum Gasteiger partial charge on any atom is 0.387 e. The molecule has 6 aromatic rings. The number of carbonyl (C=O) groups excluding carboxylic acids is 4. The van der Waals surface area contributed by atoms with Gasteiger partial charge in [0.2, 0.25) is 11.8 Å². The third-order valence-corrected chi connectivity index (χ3v) is 10.9. The summed E-state index contributed by atoms with van der Waals surface area (Å²) < 4.78 is 99.9. The van der Waals surface area contributed by atoms with Gasteiger partial charge in [-0.15, -0.1) is 0 Å². The van der Waals surface area contributed by atoms with Gasteiger partial charge in [-0.05, 0) is 92.6 Å². The maximum absolute atomic E-state index is 14.6. The fraction of sp³-hybridized carbons (Fsp3) is 0.292. The van der Waals surface area contributed by atoms with Crippen LogP contribution in [0.15, 0.2) is 72.8 Å². The lowest BCUT2D eigenvalue weighted by atomic mass is 10.1. The molecule has 0 spiro atoms. The molecule has 2 heterocycles. The van der Waals surface area contributed by atoms with Gasteiger partial charge < -0.3 is 39.8 Å². The molecular formula is C48H46F6N4O12. The van der Waals surface area contributed by atoms with Gasteiger partial charge in [-0.3, -0.25) is 37.9 Å². The molecule has 4 aromatic carbocycles. The average molecular weight is 985 g/mol. The molecule has 6 rings (SSSR count). The van der Waals surface area contributed by atoms with Crippen LogP contribution < -0.4 is 29.6 Å². The molecule has 0 saturated heterocycles. The van der Waals surface area contributed by atoms with E-state index in [-0.39, 0.29) is 71.0 Å². The molecule has 2 aromatic heterocycles. The summed E-state index contributed by atoms with van der Waals surface area (Å²) in [7, 11) is 2.56. The Labute approximate surface area is 394 Å². The lowest BCUT2D eigenvalue weighted by Crippen LogP contribution is -2.35. The number of methoxy groups -OCH3 is 2. The Bertz CT molecular complexity index is 2940. The van der Waals surface area contributed by atoms with Crippen LogP contribution in [0.1, 0.15) is 63.5 Å². The number of aliphatic carboxylic acids is 2. The third kappa shape index (κ3) is 12.5. The molecular weight excluding hydrogens is 939 g/mol. The molecule has 16 nitrogen and oxygen atoms in total. The van der Waals surface area contributed by atoms with Crippen LogP contribution in [0, 0.1) is 31.4 Å². The standard InChI is InChI=1S/2C24H23F3N2O6/c1-12(23(32)33)11-28-21(30)9-16-13(2)29(19-10-18(25)20(34-3)8-17(16)19)22(31)14-4-6-15(7-5-14)35-24(26)27;1-12(8-22(31)32)28-21(30)10-16-13(2)29(19-11-18(25)20(34-3)9-17(16)19)23(33)14-4-6-15(7-5-14)35-24(26)27/h4-8,10,12,24H,9,11H2,1-3H3,(H,28,30)(H,32,33);4-7,9,11-12,24H,8,10H2,1-3H3,(H,28,30)(H,31,32). The molecule has 0 aliphatic heterocycles. The van der Waals surface area contributed by atoms with E-state index in [1.807, 2.05) is 0 Å². The molecule has 4 N–H and O–H groups in total. The van der Waals surface area contributed by atoms with Gasteiger partial charge in [-0.25, -0.2) is 8.78 Å². The van der Waals surface area contributed by atoms with Gasteiger partial charge in [0.05, 0.1) is 50.4 Å². The Morgan fingerprint density at radius 1 is 0.629 bits per heavy atom. The van der Waals surface area contributed by atoms with Gasteiger partial charge in [-0.2, -0.15) is 17.6 Å². The number of nitrogens with zero attached hydrogens (tertiary/aromatic N) is 2. The first kappa shape index (κ1) is 52.9. The number of hydrogen-bond donors (Lipinski definition) is 4. The van der Waals surface area contributed by atoms with Gasteiger partial charge >= 0.3 is 25.2 Å². The van der Waals surface area contributed by atoms with E-state index in [1.54, 1.807) is 20.8 Å². The maximum atomic E-state index is 14.6. The van der Waals surface area contributed by atoms with Gasteiger partial charge in [0.25, 0.3) is 11.8 Å². The summed E-state index contributed by atoms with van der Waals surface area (Å²) in [6, 6.07) is 14.4. The predicted molar refractivity (Wildman–Crippen MR) is 239 cm³/mol. The van der Waals surface area contributed by atoms with Crippen molar-refractivity contribution in [1.82, 2.24) is 19.8 Å². The zero-order valence-electron chi connectivity index (χ0n) is 38.2. The number of benzene rings is 4. The van der Waals surface area contributed by atoms with Crippen molar-refractivity contribution in [3.8, 4) is 23.0 Å². The number of hydrogen-bond acceptors (Lipinski definition) is 10. The summed E-state index contributed by atoms with van der Waals surface area (Å²) in [4.78, 5) is 73.7. The van der Waals surface area contributed by atoms with Crippen LogP contribution in [0.5, 0.6) is 23.0 Å². The molecule has 0 bridgehead atoms. The summed E-state index contributed by atoms with van der Waals surface area (Å²) in [5.74, 6) is -6.92. The van der Waals surface area contributed by atoms with E-state index in [0.29, 0.717) is 33.3 Å². The van der Waals surface area contributed by atoms with E-state index in [2.05, 4.69) is 20.1 Å². The number of amides is 2. The van der Waals surface area contributed by atoms with E-state index in [4.69, 9.17) is 19.7 Å². The van der Waals surface area contributed by atoms with E-state index in [0.717, 1.165) is 12.1 Å². The molecule has 0 fully saturated rings. The highest BCUT2D eigenvalue weighted by molar-refractivity contribution is 6.06. The number of carboxylic acids is 2. The number of aromatic nitrogens is 2. The molecule has 2 unspecified atom stereocenters. The van der Waals surface area contributed by atoms with E-state index in [1.165, 1.54) is 90.9 Å². The molecule has 22 heteroatoms. The fourth-order valence-electron chi connectivity index (χ4n) is 7.44. The first-order valence-corrected chi connectivity index (χ1v) is 21.0. The number of carbonyl (C=O) groups is 6. The summed E-state index contributed by atoms with van der Waals surface area (Å²) in [6.07, 6.45) is -0.678. The highest BCUT2D eigenvalue weighted by Crippen LogP contribution is 2.35. The number of alkyl halides is 4. The molecule has 70 heavy (non-hydrogen) atoms. The Kier molecular flexibility index (Phi) is 17.3. The number of carboxylic acid groups (broad SMARTS) is 2. The number of halogens is 6. The van der Waals surface area contributed by atoms with Crippen LogP contribution in [0.3, 0.4) is 0 Å². The number of nitrogens with one attached hydrogen (secondary N) is 2.